The standard InChI is InChI=1S/C14H24/c1-8-12(10-11(3)4)13(9-2)14(5,6)7/h8-9,11H,1-2,10H2,3-7H3/b13-12-. The first-order valence-electron chi connectivity index (χ1n) is 5.31. The minimum atomic E-state index is 0.167. The topological polar surface area (TPSA) is 0 Å². The van der Waals surface area contributed by atoms with Crippen LogP contribution < -0.4 is 0 Å². The summed E-state index contributed by atoms with van der Waals surface area (Å²) in [7, 11) is 0. The van der Waals surface area contributed by atoms with Crippen molar-refractivity contribution in [3.8, 4) is 0 Å². The third-order valence-electron chi connectivity index (χ3n) is 2.23. The second-order valence-electron chi connectivity index (χ2n) is 5.20. The quantitative estimate of drug-likeness (QED) is 0.564. The Bertz CT molecular complexity index is 233. The Morgan fingerprint density at radius 2 is 1.64 bits per heavy atom. The van der Waals surface area contributed by atoms with Gasteiger partial charge >= 0.3 is 0 Å². The largest absolute Gasteiger partial charge is 0.0988 e. The van der Waals surface area contributed by atoms with E-state index in [1.165, 1.54) is 11.1 Å². The number of allylic oxidation sites excluding steroid dienone is 4. The van der Waals surface area contributed by atoms with E-state index in [4.69, 9.17) is 0 Å². The first-order valence-corrected chi connectivity index (χ1v) is 5.31. The Morgan fingerprint density at radius 1 is 1.14 bits per heavy atom. The molecule has 0 N–H and O–H groups in total. The molecule has 0 nitrogen and oxygen atoms in total. The summed E-state index contributed by atoms with van der Waals surface area (Å²) in [6.45, 7) is 18.9. The van der Waals surface area contributed by atoms with Gasteiger partial charge in [0, 0.05) is 0 Å². The van der Waals surface area contributed by atoms with Crippen molar-refractivity contribution in [2.24, 2.45) is 11.3 Å². The molecule has 0 aromatic carbocycles. The van der Waals surface area contributed by atoms with E-state index in [0.717, 1.165) is 6.42 Å². The predicted molar refractivity (Wildman–Crippen MR) is 66.3 cm³/mol. The maximum absolute atomic E-state index is 3.90. The lowest BCUT2D eigenvalue weighted by Gasteiger charge is -2.24. The highest BCUT2D eigenvalue weighted by Crippen LogP contribution is 2.31. The molecule has 0 aromatic heterocycles. The van der Waals surface area contributed by atoms with E-state index in [2.05, 4.69) is 47.8 Å². The number of hydrogen-bond donors (Lipinski definition) is 0. The van der Waals surface area contributed by atoms with Crippen molar-refractivity contribution >= 4 is 0 Å². The van der Waals surface area contributed by atoms with Crippen LogP contribution in [0.3, 0.4) is 0 Å². The average Bonchev–Trinajstić information content (AvgIpc) is 2.00. The molecule has 0 radical (unpaired) electrons. The summed E-state index contributed by atoms with van der Waals surface area (Å²) in [5, 5.41) is 0. The van der Waals surface area contributed by atoms with Crippen molar-refractivity contribution in [3.63, 3.8) is 0 Å². The van der Waals surface area contributed by atoms with Crippen molar-refractivity contribution in [1.82, 2.24) is 0 Å². The molecule has 0 rings (SSSR count). The van der Waals surface area contributed by atoms with Gasteiger partial charge in [-0.25, -0.2) is 0 Å². The van der Waals surface area contributed by atoms with E-state index in [0.29, 0.717) is 5.92 Å². The highest BCUT2D eigenvalue weighted by atomic mass is 14.2. The van der Waals surface area contributed by atoms with E-state index in [1.54, 1.807) is 0 Å². The minimum Gasteiger partial charge on any atom is -0.0988 e. The van der Waals surface area contributed by atoms with Crippen LogP contribution >= 0.6 is 0 Å². The molecule has 0 spiro atoms. The van der Waals surface area contributed by atoms with E-state index in [1.807, 2.05) is 12.2 Å². The van der Waals surface area contributed by atoms with Crippen LogP contribution in [-0.2, 0) is 0 Å². The molecule has 0 heteroatoms. The lowest BCUT2D eigenvalue weighted by molar-refractivity contribution is 0.506. The van der Waals surface area contributed by atoms with E-state index >= 15 is 0 Å². The van der Waals surface area contributed by atoms with Gasteiger partial charge in [-0.05, 0) is 28.9 Å². The van der Waals surface area contributed by atoms with Crippen molar-refractivity contribution in [3.05, 3.63) is 36.5 Å². The first-order chi connectivity index (χ1) is 6.32. The van der Waals surface area contributed by atoms with Crippen LogP contribution in [0.5, 0.6) is 0 Å². The van der Waals surface area contributed by atoms with Gasteiger partial charge in [-0.15, -0.1) is 0 Å². The molecular formula is C14H24. The summed E-state index contributed by atoms with van der Waals surface area (Å²) in [6.07, 6.45) is 5.03. The Morgan fingerprint density at radius 3 is 1.86 bits per heavy atom. The third-order valence-corrected chi connectivity index (χ3v) is 2.23. The second kappa shape index (κ2) is 5.19. The van der Waals surface area contributed by atoms with Gasteiger partial charge in [0.1, 0.15) is 0 Å². The molecular weight excluding hydrogens is 168 g/mol. The van der Waals surface area contributed by atoms with E-state index in [9.17, 15) is 0 Å². The minimum absolute atomic E-state index is 0.167. The monoisotopic (exact) mass is 192 g/mol. The average molecular weight is 192 g/mol. The highest BCUT2D eigenvalue weighted by Gasteiger charge is 2.17. The van der Waals surface area contributed by atoms with Crippen LogP contribution in [0.4, 0.5) is 0 Å². The Balaban J connectivity index is 5.12. The number of hydrogen-bond acceptors (Lipinski definition) is 0. The zero-order valence-corrected chi connectivity index (χ0v) is 10.4. The van der Waals surface area contributed by atoms with Crippen LogP contribution in [0.2, 0.25) is 0 Å². The molecule has 0 bridgehead atoms. The molecule has 0 heterocycles. The lowest BCUT2D eigenvalue weighted by Crippen LogP contribution is -2.10. The van der Waals surface area contributed by atoms with Crippen molar-refractivity contribution in [2.45, 2.75) is 41.0 Å². The summed E-state index contributed by atoms with van der Waals surface area (Å²) in [4.78, 5) is 0. The van der Waals surface area contributed by atoms with Gasteiger partial charge in [0.15, 0.2) is 0 Å². The molecule has 0 atom stereocenters. The maximum Gasteiger partial charge on any atom is -0.0129 e. The Hall–Kier alpha value is -0.780. The van der Waals surface area contributed by atoms with Crippen LogP contribution in [0.15, 0.2) is 36.5 Å². The second-order valence-corrected chi connectivity index (χ2v) is 5.20. The molecule has 14 heavy (non-hydrogen) atoms. The Kier molecular flexibility index (Phi) is 4.90. The molecule has 0 aliphatic heterocycles. The molecule has 0 saturated heterocycles. The summed E-state index contributed by atoms with van der Waals surface area (Å²) in [5.74, 6) is 0.667. The van der Waals surface area contributed by atoms with E-state index < -0.39 is 0 Å². The van der Waals surface area contributed by atoms with Crippen LogP contribution in [0, 0.1) is 11.3 Å². The molecule has 0 aliphatic rings. The molecule has 0 aromatic rings. The first kappa shape index (κ1) is 13.2. The molecule has 0 amide bonds. The fourth-order valence-electron chi connectivity index (χ4n) is 1.66. The molecule has 0 fully saturated rings. The van der Waals surface area contributed by atoms with E-state index in [-0.39, 0.29) is 5.41 Å². The van der Waals surface area contributed by atoms with Gasteiger partial charge in [-0.1, -0.05) is 59.9 Å². The smallest absolute Gasteiger partial charge is 0.0129 e. The zero-order valence-electron chi connectivity index (χ0n) is 10.4. The van der Waals surface area contributed by atoms with Crippen molar-refractivity contribution in [2.75, 3.05) is 0 Å². The zero-order chi connectivity index (χ0) is 11.4. The van der Waals surface area contributed by atoms with Crippen LogP contribution in [0.1, 0.15) is 41.0 Å². The molecule has 0 saturated carbocycles. The normalized spacial score (nSPS) is 13.9. The maximum atomic E-state index is 3.90. The van der Waals surface area contributed by atoms with Gasteiger partial charge in [0.05, 0.1) is 0 Å². The van der Waals surface area contributed by atoms with Crippen molar-refractivity contribution < 1.29 is 0 Å². The van der Waals surface area contributed by atoms with Gasteiger partial charge in [0.2, 0.25) is 0 Å². The fraction of sp³-hybridized carbons (Fsp3) is 0.571. The van der Waals surface area contributed by atoms with Gasteiger partial charge < -0.3 is 0 Å². The predicted octanol–water partition coefficient (Wildman–Crippen LogP) is 4.75. The van der Waals surface area contributed by atoms with Crippen LogP contribution in [0.25, 0.3) is 0 Å². The van der Waals surface area contributed by atoms with Gasteiger partial charge in [-0.3, -0.25) is 0 Å². The summed E-state index contributed by atoms with van der Waals surface area (Å²) in [6, 6.07) is 0. The number of rotatable bonds is 4. The fourth-order valence-corrected chi connectivity index (χ4v) is 1.66. The van der Waals surface area contributed by atoms with Gasteiger partial charge in [-0.2, -0.15) is 0 Å². The summed E-state index contributed by atoms with van der Waals surface area (Å²) < 4.78 is 0. The molecule has 0 aliphatic carbocycles. The van der Waals surface area contributed by atoms with Crippen molar-refractivity contribution in [1.29, 1.82) is 0 Å². The van der Waals surface area contributed by atoms with Gasteiger partial charge in [0.25, 0.3) is 0 Å². The highest BCUT2D eigenvalue weighted by molar-refractivity contribution is 5.35. The molecule has 80 valence electrons. The summed E-state index contributed by atoms with van der Waals surface area (Å²) >= 11 is 0. The SMILES string of the molecule is C=C/C(CC(C)C)=C(\C=C)C(C)(C)C. The van der Waals surface area contributed by atoms with Crippen LogP contribution in [-0.4, -0.2) is 0 Å². The summed E-state index contributed by atoms with van der Waals surface area (Å²) in [5.41, 5.74) is 2.82. The molecule has 0 unspecified atom stereocenters. The lowest BCUT2D eigenvalue weighted by atomic mass is 9.81. The third kappa shape index (κ3) is 3.95. The Labute approximate surface area is 89.4 Å².